The summed E-state index contributed by atoms with van der Waals surface area (Å²) in [5, 5.41) is 12.3. The lowest BCUT2D eigenvalue weighted by atomic mass is 10.0. The molecule has 0 aromatic heterocycles. The van der Waals surface area contributed by atoms with E-state index in [9.17, 15) is 0 Å². The molecule has 4 nitrogen and oxygen atoms in total. The fourth-order valence-electron chi connectivity index (χ4n) is 4.62. The molecule has 4 aromatic rings. The summed E-state index contributed by atoms with van der Waals surface area (Å²) >= 11 is 0. The van der Waals surface area contributed by atoms with Crippen molar-refractivity contribution in [3.05, 3.63) is 83.9 Å². The van der Waals surface area contributed by atoms with Crippen molar-refractivity contribution in [1.29, 1.82) is 0 Å². The van der Waals surface area contributed by atoms with Crippen molar-refractivity contribution >= 4 is 21.5 Å². The van der Waals surface area contributed by atoms with E-state index in [2.05, 4.69) is 83.4 Å². The first-order valence-corrected chi connectivity index (χ1v) is 12.1. The van der Waals surface area contributed by atoms with E-state index in [1.165, 1.54) is 32.7 Å². The summed E-state index contributed by atoms with van der Waals surface area (Å²) in [5.74, 6) is 1.99. The quantitative estimate of drug-likeness (QED) is 0.362. The monoisotopic (exact) mass is 440 g/mol. The molecule has 0 atom stereocenters. The molecule has 0 spiro atoms. The molecule has 1 aliphatic heterocycles. The Hall–Kier alpha value is -3.08. The molecule has 33 heavy (non-hydrogen) atoms. The highest BCUT2D eigenvalue weighted by atomic mass is 16.5. The van der Waals surface area contributed by atoms with Crippen molar-refractivity contribution in [2.24, 2.45) is 0 Å². The molecule has 0 unspecified atom stereocenters. The van der Waals surface area contributed by atoms with E-state index in [1.54, 1.807) is 0 Å². The average molecular weight is 441 g/mol. The van der Waals surface area contributed by atoms with Gasteiger partial charge in [0.2, 0.25) is 0 Å². The molecule has 1 aliphatic rings. The average Bonchev–Trinajstić information content (AvgIpc) is 2.86. The third-order valence-corrected chi connectivity index (χ3v) is 6.38. The van der Waals surface area contributed by atoms with Crippen molar-refractivity contribution in [2.75, 3.05) is 26.3 Å². The molecule has 5 rings (SSSR count). The van der Waals surface area contributed by atoms with Crippen LogP contribution in [0.4, 0.5) is 0 Å². The first kappa shape index (κ1) is 21.7. The van der Waals surface area contributed by atoms with E-state index in [-0.39, 0.29) is 0 Å². The molecule has 0 saturated carbocycles. The maximum Gasteiger partial charge on any atom is 0.124 e. The molecule has 2 N–H and O–H groups in total. The van der Waals surface area contributed by atoms with Gasteiger partial charge >= 0.3 is 0 Å². The fourth-order valence-corrected chi connectivity index (χ4v) is 4.62. The molecule has 0 saturated heterocycles. The third kappa shape index (κ3) is 5.13. The Morgan fingerprint density at radius 2 is 1.00 bits per heavy atom. The van der Waals surface area contributed by atoms with Gasteiger partial charge in [0.05, 0.1) is 13.2 Å². The maximum atomic E-state index is 6.23. The summed E-state index contributed by atoms with van der Waals surface area (Å²) in [7, 11) is 0. The SMILES string of the molecule is c1ccc2c3c(ccc2c1)OCCCCCOc1ccc2ccccc2c1CNCCNC3. The van der Waals surface area contributed by atoms with Crippen LogP contribution in [-0.4, -0.2) is 26.3 Å². The van der Waals surface area contributed by atoms with Crippen LogP contribution in [0.2, 0.25) is 0 Å². The molecule has 4 aromatic carbocycles. The Labute approximate surface area is 195 Å². The minimum absolute atomic E-state index is 0.730. The second-order valence-corrected chi connectivity index (χ2v) is 8.64. The van der Waals surface area contributed by atoms with E-state index >= 15 is 0 Å². The number of ether oxygens (including phenoxy) is 2. The van der Waals surface area contributed by atoms with E-state index in [4.69, 9.17) is 9.47 Å². The highest BCUT2D eigenvalue weighted by molar-refractivity contribution is 5.88. The fraction of sp³-hybridized carbons (Fsp3) is 0.310. The van der Waals surface area contributed by atoms with Gasteiger partial charge in [-0.05, 0) is 52.9 Å². The van der Waals surface area contributed by atoms with Gasteiger partial charge < -0.3 is 20.1 Å². The predicted octanol–water partition coefficient (Wildman–Crippen LogP) is 5.81. The van der Waals surface area contributed by atoms with Gasteiger partial charge in [-0.1, -0.05) is 60.7 Å². The van der Waals surface area contributed by atoms with Gasteiger partial charge in [0.15, 0.2) is 0 Å². The first-order chi connectivity index (χ1) is 16.4. The highest BCUT2D eigenvalue weighted by Gasteiger charge is 2.11. The lowest BCUT2D eigenvalue weighted by molar-refractivity contribution is 0.277. The Bertz CT molecular complexity index is 1130. The van der Waals surface area contributed by atoms with Gasteiger partial charge in [-0.2, -0.15) is 0 Å². The van der Waals surface area contributed by atoms with E-state index in [0.29, 0.717) is 0 Å². The normalized spacial score (nSPS) is 16.2. The standard InChI is InChI=1S/C29H32N2O2/c1-6-18-32-28-14-12-22-8-2-4-10-24(22)26(28)20-30-16-17-31-21-27-25-11-5-3-9-23(25)13-15-29(27)33-19-7-1/h2-5,8-15,30-31H,1,6-7,16-21H2. The molecule has 0 bridgehead atoms. The van der Waals surface area contributed by atoms with Crippen LogP contribution in [0.15, 0.2) is 72.8 Å². The lowest BCUT2D eigenvalue weighted by Crippen LogP contribution is -2.27. The molecular formula is C29H32N2O2. The molecule has 0 aliphatic carbocycles. The van der Waals surface area contributed by atoms with Gasteiger partial charge in [0.25, 0.3) is 0 Å². The number of fused-ring (bicyclic) bond motifs is 6. The van der Waals surface area contributed by atoms with Crippen molar-refractivity contribution in [2.45, 2.75) is 32.4 Å². The minimum Gasteiger partial charge on any atom is -0.493 e. The Morgan fingerprint density at radius 1 is 0.515 bits per heavy atom. The summed E-state index contributed by atoms with van der Waals surface area (Å²) in [6.07, 6.45) is 3.13. The number of nitrogens with one attached hydrogen (secondary N) is 2. The second-order valence-electron chi connectivity index (χ2n) is 8.64. The molecular weight excluding hydrogens is 408 g/mol. The maximum absolute atomic E-state index is 6.23. The zero-order chi connectivity index (χ0) is 22.3. The second kappa shape index (κ2) is 10.7. The van der Waals surface area contributed by atoms with Crippen LogP contribution in [0.25, 0.3) is 21.5 Å². The van der Waals surface area contributed by atoms with Crippen LogP contribution in [-0.2, 0) is 13.1 Å². The minimum atomic E-state index is 0.730. The Kier molecular flexibility index (Phi) is 7.05. The third-order valence-electron chi connectivity index (χ3n) is 6.38. The molecule has 0 radical (unpaired) electrons. The van der Waals surface area contributed by atoms with Gasteiger partial charge in [-0.25, -0.2) is 0 Å². The molecule has 1 heterocycles. The van der Waals surface area contributed by atoms with Crippen LogP contribution < -0.4 is 20.1 Å². The summed E-state index contributed by atoms with van der Waals surface area (Å²) in [6.45, 7) is 4.80. The summed E-state index contributed by atoms with van der Waals surface area (Å²) in [6, 6.07) is 25.7. The number of rotatable bonds is 0. The summed E-state index contributed by atoms with van der Waals surface area (Å²) in [4.78, 5) is 0. The topological polar surface area (TPSA) is 42.5 Å². The highest BCUT2D eigenvalue weighted by Crippen LogP contribution is 2.30. The van der Waals surface area contributed by atoms with Gasteiger partial charge in [-0.3, -0.25) is 0 Å². The number of hydrogen-bond donors (Lipinski definition) is 2. The van der Waals surface area contributed by atoms with Crippen molar-refractivity contribution < 1.29 is 9.47 Å². The van der Waals surface area contributed by atoms with Gasteiger partial charge in [0, 0.05) is 37.3 Å². The van der Waals surface area contributed by atoms with Crippen molar-refractivity contribution in [3.8, 4) is 11.5 Å². The van der Waals surface area contributed by atoms with E-state index < -0.39 is 0 Å². The van der Waals surface area contributed by atoms with Crippen LogP contribution in [0, 0.1) is 0 Å². The van der Waals surface area contributed by atoms with E-state index in [0.717, 1.165) is 70.2 Å². The zero-order valence-electron chi connectivity index (χ0n) is 19.1. The van der Waals surface area contributed by atoms with Crippen molar-refractivity contribution in [1.82, 2.24) is 10.6 Å². The van der Waals surface area contributed by atoms with Crippen LogP contribution >= 0.6 is 0 Å². The first-order valence-electron chi connectivity index (χ1n) is 12.1. The van der Waals surface area contributed by atoms with Gasteiger partial charge in [0.1, 0.15) is 11.5 Å². The number of hydrogen-bond acceptors (Lipinski definition) is 4. The smallest absolute Gasteiger partial charge is 0.124 e. The largest absolute Gasteiger partial charge is 0.493 e. The lowest BCUT2D eigenvalue weighted by Gasteiger charge is -2.16. The van der Waals surface area contributed by atoms with Crippen LogP contribution in [0.3, 0.4) is 0 Å². The number of benzene rings is 4. The predicted molar refractivity (Wildman–Crippen MR) is 136 cm³/mol. The Balaban J connectivity index is 1.34. The summed E-state index contributed by atoms with van der Waals surface area (Å²) < 4.78 is 12.5. The van der Waals surface area contributed by atoms with Crippen LogP contribution in [0.1, 0.15) is 30.4 Å². The Morgan fingerprint density at radius 3 is 1.52 bits per heavy atom. The molecule has 4 heteroatoms. The zero-order valence-corrected chi connectivity index (χ0v) is 19.1. The van der Waals surface area contributed by atoms with Crippen molar-refractivity contribution in [3.63, 3.8) is 0 Å². The molecule has 0 fully saturated rings. The molecule has 170 valence electrons. The summed E-state index contributed by atoms with van der Waals surface area (Å²) in [5.41, 5.74) is 2.49. The van der Waals surface area contributed by atoms with E-state index in [1.807, 2.05) is 0 Å². The molecule has 0 amide bonds. The van der Waals surface area contributed by atoms with Gasteiger partial charge in [-0.15, -0.1) is 0 Å². The van der Waals surface area contributed by atoms with Crippen LogP contribution in [0.5, 0.6) is 11.5 Å².